The number of benzene rings is 3. The lowest BCUT2D eigenvalue weighted by molar-refractivity contribution is 0.320. The van der Waals surface area contributed by atoms with Gasteiger partial charge in [0.25, 0.3) is 0 Å². The zero-order valence-corrected chi connectivity index (χ0v) is 18.0. The molecule has 0 bridgehead atoms. The fourth-order valence-corrected chi connectivity index (χ4v) is 5.09. The van der Waals surface area contributed by atoms with Crippen LogP contribution in [0.1, 0.15) is 35.1 Å². The average Bonchev–Trinajstić information content (AvgIpc) is 3.26. The van der Waals surface area contributed by atoms with Crippen molar-refractivity contribution < 1.29 is 4.74 Å². The van der Waals surface area contributed by atoms with E-state index in [1.165, 1.54) is 11.1 Å². The predicted molar refractivity (Wildman–Crippen MR) is 125 cm³/mol. The fraction of sp³-hybridized carbons (Fsp3) is 0.231. The van der Waals surface area contributed by atoms with Gasteiger partial charge in [-0.2, -0.15) is 0 Å². The van der Waals surface area contributed by atoms with E-state index in [2.05, 4.69) is 59.9 Å². The smallest absolute Gasteiger partial charge is 0.119 e. The molecule has 30 heavy (non-hydrogen) atoms. The molecule has 0 saturated heterocycles. The average molecular weight is 436 g/mol. The van der Waals surface area contributed by atoms with Gasteiger partial charge in [-0.25, -0.2) is 0 Å². The molecule has 1 heterocycles. The molecule has 152 valence electrons. The summed E-state index contributed by atoms with van der Waals surface area (Å²) in [6.45, 7) is 0.668. The minimum absolute atomic E-state index is 0.133. The molecule has 2 nitrogen and oxygen atoms in total. The summed E-state index contributed by atoms with van der Waals surface area (Å²) in [5, 5.41) is 4.97. The van der Waals surface area contributed by atoms with Crippen molar-refractivity contribution in [2.75, 3.05) is 11.9 Å². The molecule has 0 amide bonds. The monoisotopic (exact) mass is 435 g/mol. The molecule has 1 N–H and O–H groups in total. The summed E-state index contributed by atoms with van der Waals surface area (Å²) in [5.74, 6) is 1.68. The standard InChI is InChI=1S/C26H23Cl2NO/c27-23-11-5-10-21(25(23)28)26-20-9-4-8-19(20)22-16-18(12-13-24(22)29-26)30-15-14-17-6-2-1-3-7-17/h1-8,10-13,16,19-20,26,29H,9,14-15H2. The Morgan fingerprint density at radius 3 is 2.67 bits per heavy atom. The van der Waals surface area contributed by atoms with Crippen LogP contribution in [-0.2, 0) is 6.42 Å². The molecule has 2 aliphatic rings. The molecular weight excluding hydrogens is 413 g/mol. The predicted octanol–water partition coefficient (Wildman–Crippen LogP) is 7.44. The summed E-state index contributed by atoms with van der Waals surface area (Å²) >= 11 is 12.9. The molecule has 0 aromatic heterocycles. The van der Waals surface area contributed by atoms with Crippen LogP contribution in [0.3, 0.4) is 0 Å². The summed E-state index contributed by atoms with van der Waals surface area (Å²) < 4.78 is 6.08. The lowest BCUT2D eigenvalue weighted by atomic mass is 9.77. The van der Waals surface area contributed by atoms with Crippen LogP contribution in [0.25, 0.3) is 0 Å². The van der Waals surface area contributed by atoms with Crippen molar-refractivity contribution in [3.63, 3.8) is 0 Å². The van der Waals surface area contributed by atoms with Crippen LogP contribution in [0.4, 0.5) is 5.69 Å². The highest BCUT2D eigenvalue weighted by atomic mass is 35.5. The van der Waals surface area contributed by atoms with Crippen molar-refractivity contribution in [3.8, 4) is 5.75 Å². The molecule has 3 aromatic rings. The van der Waals surface area contributed by atoms with Crippen LogP contribution in [0, 0.1) is 5.92 Å². The van der Waals surface area contributed by atoms with Gasteiger partial charge in [0.1, 0.15) is 5.75 Å². The van der Waals surface area contributed by atoms with E-state index < -0.39 is 0 Å². The van der Waals surface area contributed by atoms with Crippen molar-refractivity contribution in [3.05, 3.63) is 106 Å². The Balaban J connectivity index is 1.38. The van der Waals surface area contributed by atoms with E-state index in [9.17, 15) is 0 Å². The first-order valence-electron chi connectivity index (χ1n) is 10.4. The van der Waals surface area contributed by atoms with E-state index >= 15 is 0 Å². The van der Waals surface area contributed by atoms with E-state index in [4.69, 9.17) is 27.9 Å². The fourth-order valence-electron chi connectivity index (χ4n) is 4.66. The van der Waals surface area contributed by atoms with Crippen LogP contribution in [0.5, 0.6) is 5.75 Å². The number of rotatable bonds is 5. The molecule has 0 radical (unpaired) electrons. The molecule has 3 atom stereocenters. The SMILES string of the molecule is Clc1cccc(C2Nc3ccc(OCCc4ccccc4)cc3C3C=CCC32)c1Cl. The first-order chi connectivity index (χ1) is 14.7. The van der Waals surface area contributed by atoms with Gasteiger partial charge in [-0.05, 0) is 53.3 Å². The molecule has 5 rings (SSSR count). The van der Waals surface area contributed by atoms with E-state index in [1.807, 2.05) is 24.3 Å². The van der Waals surface area contributed by atoms with Gasteiger partial charge in [0.2, 0.25) is 0 Å². The zero-order chi connectivity index (χ0) is 20.5. The van der Waals surface area contributed by atoms with Crippen LogP contribution in [-0.4, -0.2) is 6.61 Å². The maximum Gasteiger partial charge on any atom is 0.119 e. The molecule has 3 aromatic carbocycles. The van der Waals surface area contributed by atoms with Crippen molar-refractivity contribution in [2.24, 2.45) is 5.92 Å². The third-order valence-corrected chi connectivity index (χ3v) is 6.99. The highest BCUT2D eigenvalue weighted by molar-refractivity contribution is 6.42. The Morgan fingerprint density at radius 2 is 1.80 bits per heavy atom. The summed E-state index contributed by atoms with van der Waals surface area (Å²) in [5.41, 5.74) is 4.79. The molecule has 0 fully saturated rings. The van der Waals surface area contributed by atoms with Crippen molar-refractivity contribution >= 4 is 28.9 Å². The second-order valence-corrected chi connectivity index (χ2v) is 8.74. The van der Waals surface area contributed by atoms with Gasteiger partial charge in [-0.3, -0.25) is 0 Å². The number of hydrogen-bond donors (Lipinski definition) is 1. The highest BCUT2D eigenvalue weighted by Crippen LogP contribution is 2.51. The van der Waals surface area contributed by atoms with E-state index in [1.54, 1.807) is 0 Å². The third kappa shape index (κ3) is 3.71. The summed E-state index contributed by atoms with van der Waals surface area (Å²) in [7, 11) is 0. The van der Waals surface area contributed by atoms with Gasteiger partial charge in [-0.15, -0.1) is 0 Å². The summed E-state index contributed by atoms with van der Waals surface area (Å²) in [6.07, 6.45) is 6.52. The van der Waals surface area contributed by atoms with E-state index in [-0.39, 0.29) is 6.04 Å². The summed E-state index contributed by atoms with van der Waals surface area (Å²) in [4.78, 5) is 0. The topological polar surface area (TPSA) is 21.3 Å². The summed E-state index contributed by atoms with van der Waals surface area (Å²) in [6, 6.07) is 22.8. The second kappa shape index (κ2) is 8.37. The molecular formula is C26H23Cl2NO. The minimum Gasteiger partial charge on any atom is -0.493 e. The molecule has 4 heteroatoms. The quantitative estimate of drug-likeness (QED) is 0.420. The Kier molecular flexibility index (Phi) is 5.45. The van der Waals surface area contributed by atoms with Gasteiger partial charge in [0.15, 0.2) is 0 Å². The van der Waals surface area contributed by atoms with Crippen LogP contribution in [0.2, 0.25) is 10.0 Å². The molecule has 1 aliphatic carbocycles. The van der Waals surface area contributed by atoms with Crippen LogP contribution >= 0.6 is 23.2 Å². The molecule has 3 unspecified atom stereocenters. The molecule has 0 spiro atoms. The lowest BCUT2D eigenvalue weighted by Crippen LogP contribution is -2.29. The molecule has 1 aliphatic heterocycles. The lowest BCUT2D eigenvalue weighted by Gasteiger charge is -2.38. The van der Waals surface area contributed by atoms with Gasteiger partial charge in [0, 0.05) is 18.0 Å². The number of ether oxygens (including phenoxy) is 1. The number of hydrogen-bond acceptors (Lipinski definition) is 2. The highest BCUT2D eigenvalue weighted by Gasteiger charge is 2.39. The van der Waals surface area contributed by atoms with Gasteiger partial charge in [-0.1, -0.05) is 77.8 Å². The van der Waals surface area contributed by atoms with E-state index in [0.29, 0.717) is 28.5 Å². The third-order valence-electron chi connectivity index (χ3n) is 6.15. The maximum atomic E-state index is 6.56. The number of halogens is 2. The number of nitrogens with one attached hydrogen (secondary N) is 1. The Labute approximate surface area is 187 Å². The largest absolute Gasteiger partial charge is 0.493 e. The normalized spacial score (nSPS) is 21.6. The first-order valence-corrected chi connectivity index (χ1v) is 11.1. The number of allylic oxidation sites excluding steroid dienone is 2. The Morgan fingerprint density at radius 1 is 0.933 bits per heavy atom. The zero-order valence-electron chi connectivity index (χ0n) is 16.5. The van der Waals surface area contributed by atoms with Crippen molar-refractivity contribution in [1.82, 2.24) is 0 Å². The van der Waals surface area contributed by atoms with Crippen LogP contribution < -0.4 is 10.1 Å². The van der Waals surface area contributed by atoms with Gasteiger partial charge < -0.3 is 10.1 Å². The minimum atomic E-state index is 0.133. The first kappa shape index (κ1) is 19.5. The van der Waals surface area contributed by atoms with Gasteiger partial charge in [0.05, 0.1) is 22.7 Å². The maximum absolute atomic E-state index is 6.56. The number of fused-ring (bicyclic) bond motifs is 3. The van der Waals surface area contributed by atoms with Crippen LogP contribution in [0.15, 0.2) is 78.9 Å². The van der Waals surface area contributed by atoms with E-state index in [0.717, 1.165) is 29.8 Å². The van der Waals surface area contributed by atoms with Crippen molar-refractivity contribution in [2.45, 2.75) is 24.8 Å². The number of anilines is 1. The Bertz CT molecular complexity index is 1080. The Hall–Kier alpha value is -2.42. The molecule has 0 saturated carbocycles. The van der Waals surface area contributed by atoms with Gasteiger partial charge >= 0.3 is 0 Å². The second-order valence-electron chi connectivity index (χ2n) is 7.95. The van der Waals surface area contributed by atoms with Crippen molar-refractivity contribution in [1.29, 1.82) is 0 Å².